The van der Waals surface area contributed by atoms with E-state index in [-0.39, 0.29) is 5.91 Å². The summed E-state index contributed by atoms with van der Waals surface area (Å²) in [6, 6.07) is 10.6. The zero-order chi connectivity index (χ0) is 9.10. The summed E-state index contributed by atoms with van der Waals surface area (Å²) in [5.41, 5.74) is 0. The van der Waals surface area contributed by atoms with E-state index < -0.39 is 0 Å². The molecule has 1 N–H and O–H groups in total. The van der Waals surface area contributed by atoms with Gasteiger partial charge in [-0.25, -0.2) is 0 Å². The molecule has 68 valence electrons. The van der Waals surface area contributed by atoms with Gasteiger partial charge in [-0.1, -0.05) is 18.2 Å². The Hall–Kier alpha value is -0.960. The Bertz CT molecular complexity index is 291. The maximum Gasteiger partial charge on any atom is 0.222 e. The van der Waals surface area contributed by atoms with Crippen molar-refractivity contribution < 1.29 is 4.79 Å². The van der Waals surface area contributed by atoms with Crippen molar-refractivity contribution in [2.24, 2.45) is 0 Å². The Balaban J connectivity index is 1.77. The van der Waals surface area contributed by atoms with E-state index in [2.05, 4.69) is 17.4 Å². The molecule has 0 saturated carbocycles. The molecule has 1 saturated heterocycles. The number of nitrogens with one attached hydrogen (secondary N) is 1. The maximum absolute atomic E-state index is 10.6. The van der Waals surface area contributed by atoms with Gasteiger partial charge >= 0.3 is 0 Å². The molecule has 2 rings (SSSR count). The highest BCUT2D eigenvalue weighted by atomic mass is 32.2. The molecular weight excluding hydrogens is 182 g/mol. The van der Waals surface area contributed by atoms with Gasteiger partial charge in [-0.05, 0) is 12.1 Å². The van der Waals surface area contributed by atoms with Gasteiger partial charge in [0.2, 0.25) is 5.91 Å². The lowest BCUT2D eigenvalue weighted by molar-refractivity contribution is -0.127. The third kappa shape index (κ3) is 2.25. The van der Waals surface area contributed by atoms with Crippen LogP contribution in [0.3, 0.4) is 0 Å². The van der Waals surface area contributed by atoms with Gasteiger partial charge in [0, 0.05) is 23.1 Å². The molecular formula is C10H11NOS. The normalized spacial score (nSPS) is 20.6. The summed E-state index contributed by atoms with van der Waals surface area (Å²) >= 11 is 1.79. The van der Waals surface area contributed by atoms with Crippen LogP contribution in [0.2, 0.25) is 0 Å². The molecule has 0 aliphatic carbocycles. The molecule has 1 amide bonds. The summed E-state index contributed by atoms with van der Waals surface area (Å²) in [6.45, 7) is 0. The van der Waals surface area contributed by atoms with Gasteiger partial charge in [0.25, 0.3) is 0 Å². The first-order chi connectivity index (χ1) is 6.34. The molecule has 0 bridgehead atoms. The molecule has 0 spiro atoms. The van der Waals surface area contributed by atoms with Gasteiger partial charge in [-0.3, -0.25) is 4.79 Å². The lowest BCUT2D eigenvalue weighted by Gasteiger charge is -2.26. The van der Waals surface area contributed by atoms with Crippen LogP contribution in [-0.2, 0) is 4.79 Å². The van der Waals surface area contributed by atoms with Crippen LogP contribution in [0, 0.1) is 0 Å². The molecule has 1 fully saturated rings. The molecule has 1 aromatic carbocycles. The maximum atomic E-state index is 10.6. The van der Waals surface area contributed by atoms with E-state index in [0.717, 1.165) is 5.75 Å². The van der Waals surface area contributed by atoms with Crippen LogP contribution in [0.4, 0.5) is 0 Å². The highest BCUT2D eigenvalue weighted by molar-refractivity contribution is 7.99. The lowest BCUT2D eigenvalue weighted by atomic mass is 10.1. The van der Waals surface area contributed by atoms with Crippen LogP contribution >= 0.6 is 11.8 Å². The molecule has 1 aromatic rings. The fourth-order valence-electron chi connectivity index (χ4n) is 1.24. The Morgan fingerprint density at radius 2 is 2.08 bits per heavy atom. The number of carbonyl (C=O) groups excluding carboxylic acids is 1. The Kier molecular flexibility index (Phi) is 2.54. The zero-order valence-electron chi connectivity index (χ0n) is 7.19. The van der Waals surface area contributed by atoms with Crippen LogP contribution in [-0.4, -0.2) is 17.7 Å². The van der Waals surface area contributed by atoms with Crippen molar-refractivity contribution in [1.82, 2.24) is 5.32 Å². The van der Waals surface area contributed by atoms with Gasteiger partial charge in [0.05, 0.1) is 0 Å². The summed E-state index contributed by atoms with van der Waals surface area (Å²) < 4.78 is 0. The van der Waals surface area contributed by atoms with Crippen molar-refractivity contribution in [3.8, 4) is 0 Å². The minimum atomic E-state index is 0.179. The first-order valence-electron chi connectivity index (χ1n) is 4.32. The van der Waals surface area contributed by atoms with Crippen LogP contribution in [0.15, 0.2) is 35.2 Å². The highest BCUT2D eigenvalue weighted by Crippen LogP contribution is 2.20. The number of rotatable bonds is 3. The van der Waals surface area contributed by atoms with Crippen molar-refractivity contribution in [3.63, 3.8) is 0 Å². The smallest absolute Gasteiger partial charge is 0.222 e. The number of thioether (sulfide) groups is 1. The second-order valence-electron chi connectivity index (χ2n) is 3.09. The number of carbonyl (C=O) groups is 1. The minimum absolute atomic E-state index is 0.179. The van der Waals surface area contributed by atoms with E-state index in [1.807, 2.05) is 18.2 Å². The number of amides is 1. The summed E-state index contributed by atoms with van der Waals surface area (Å²) in [6.07, 6.45) is 0.694. The van der Waals surface area contributed by atoms with Gasteiger partial charge in [0.15, 0.2) is 0 Å². The van der Waals surface area contributed by atoms with E-state index in [1.165, 1.54) is 4.90 Å². The Labute approximate surface area is 81.7 Å². The zero-order valence-corrected chi connectivity index (χ0v) is 8.01. The van der Waals surface area contributed by atoms with E-state index in [4.69, 9.17) is 0 Å². The number of benzene rings is 1. The van der Waals surface area contributed by atoms with Crippen LogP contribution < -0.4 is 5.32 Å². The van der Waals surface area contributed by atoms with Crippen LogP contribution in [0.1, 0.15) is 6.42 Å². The quantitative estimate of drug-likeness (QED) is 0.584. The average Bonchev–Trinajstić information content (AvgIpc) is 2.12. The fourth-order valence-corrected chi connectivity index (χ4v) is 2.19. The van der Waals surface area contributed by atoms with Gasteiger partial charge in [-0.15, -0.1) is 11.8 Å². The lowest BCUT2D eigenvalue weighted by Crippen LogP contribution is -2.49. The first kappa shape index (κ1) is 8.63. The first-order valence-corrected chi connectivity index (χ1v) is 5.30. The van der Waals surface area contributed by atoms with E-state index >= 15 is 0 Å². The van der Waals surface area contributed by atoms with Crippen LogP contribution in [0.25, 0.3) is 0 Å². The summed E-state index contributed by atoms with van der Waals surface area (Å²) in [7, 11) is 0. The standard InChI is InChI=1S/C10H11NOS/c12-10-6-8(11-10)7-13-9-4-2-1-3-5-9/h1-5,8H,6-7H2,(H,11,12). The summed E-state index contributed by atoms with van der Waals surface area (Å²) in [4.78, 5) is 11.9. The topological polar surface area (TPSA) is 29.1 Å². The molecule has 2 nitrogen and oxygen atoms in total. The van der Waals surface area contributed by atoms with E-state index in [9.17, 15) is 4.79 Å². The molecule has 1 aliphatic heterocycles. The molecule has 1 heterocycles. The second kappa shape index (κ2) is 3.83. The largest absolute Gasteiger partial charge is 0.352 e. The molecule has 0 radical (unpaired) electrons. The predicted octanol–water partition coefficient (Wildman–Crippen LogP) is 1.67. The molecule has 13 heavy (non-hydrogen) atoms. The minimum Gasteiger partial charge on any atom is -0.352 e. The van der Waals surface area contributed by atoms with E-state index in [1.54, 1.807) is 11.8 Å². The van der Waals surface area contributed by atoms with Crippen molar-refractivity contribution in [2.45, 2.75) is 17.4 Å². The van der Waals surface area contributed by atoms with Crippen LogP contribution in [0.5, 0.6) is 0 Å². The van der Waals surface area contributed by atoms with Crippen molar-refractivity contribution in [2.75, 3.05) is 5.75 Å². The molecule has 1 aliphatic rings. The molecule has 0 aromatic heterocycles. The summed E-state index contributed by atoms with van der Waals surface area (Å²) in [5, 5.41) is 2.85. The monoisotopic (exact) mass is 193 g/mol. The predicted molar refractivity (Wildman–Crippen MR) is 53.7 cm³/mol. The van der Waals surface area contributed by atoms with Gasteiger partial charge in [-0.2, -0.15) is 0 Å². The molecule has 1 unspecified atom stereocenters. The number of hydrogen-bond acceptors (Lipinski definition) is 2. The molecule has 1 atom stereocenters. The van der Waals surface area contributed by atoms with E-state index in [0.29, 0.717) is 12.5 Å². The van der Waals surface area contributed by atoms with Crippen molar-refractivity contribution in [1.29, 1.82) is 0 Å². The Morgan fingerprint density at radius 1 is 1.38 bits per heavy atom. The third-order valence-corrected chi connectivity index (χ3v) is 3.17. The second-order valence-corrected chi connectivity index (χ2v) is 4.19. The SMILES string of the molecule is O=C1CC(CSc2ccccc2)N1. The third-order valence-electron chi connectivity index (χ3n) is 1.99. The van der Waals surface area contributed by atoms with Gasteiger partial charge in [0.1, 0.15) is 0 Å². The Morgan fingerprint density at radius 3 is 2.69 bits per heavy atom. The fraction of sp³-hybridized carbons (Fsp3) is 0.300. The van der Waals surface area contributed by atoms with Gasteiger partial charge < -0.3 is 5.32 Å². The number of β-lactam (4-membered cyclic amide) rings is 1. The highest BCUT2D eigenvalue weighted by Gasteiger charge is 2.24. The summed E-state index contributed by atoms with van der Waals surface area (Å²) in [5.74, 6) is 1.16. The molecule has 3 heteroatoms. The van der Waals surface area contributed by atoms with Crippen molar-refractivity contribution in [3.05, 3.63) is 30.3 Å². The van der Waals surface area contributed by atoms with Crippen molar-refractivity contribution >= 4 is 17.7 Å². The number of hydrogen-bond donors (Lipinski definition) is 1. The average molecular weight is 193 g/mol.